The summed E-state index contributed by atoms with van der Waals surface area (Å²) in [6.07, 6.45) is 7.01. The van der Waals surface area contributed by atoms with Crippen molar-refractivity contribution in [2.24, 2.45) is 45.3 Å². The number of fused-ring (bicyclic) bond motifs is 5. The average Bonchev–Trinajstić information content (AvgIpc) is 3.15. The number of carbonyl (C=O) groups excluding carboxylic acids is 1. The van der Waals surface area contributed by atoms with Gasteiger partial charge in [0, 0.05) is 17.8 Å². The Balaban J connectivity index is 1.41. The molecule has 4 fully saturated rings. The minimum Gasteiger partial charge on any atom is -0.462 e. The topological polar surface area (TPSA) is 96.2 Å². The summed E-state index contributed by atoms with van der Waals surface area (Å²) >= 11 is 0. The average molecular weight is 533 g/mol. The maximum atomic E-state index is 12.0. The smallest absolute Gasteiger partial charge is 0.302 e. The van der Waals surface area contributed by atoms with E-state index in [0.717, 1.165) is 38.5 Å². The minimum atomic E-state index is -1.07. The Kier molecular flexibility index (Phi) is 6.79. The molecule has 0 spiro atoms. The lowest BCUT2D eigenvalue weighted by Crippen LogP contribution is -2.65. The van der Waals surface area contributed by atoms with Crippen molar-refractivity contribution >= 4 is 5.97 Å². The maximum Gasteiger partial charge on any atom is 0.302 e. The van der Waals surface area contributed by atoms with E-state index in [1.807, 2.05) is 0 Å². The van der Waals surface area contributed by atoms with E-state index < -0.39 is 23.9 Å². The first-order chi connectivity index (χ1) is 17.5. The van der Waals surface area contributed by atoms with Gasteiger partial charge in [-0.15, -0.1) is 0 Å². The van der Waals surface area contributed by atoms with Crippen molar-refractivity contribution in [3.63, 3.8) is 0 Å². The fourth-order valence-corrected chi connectivity index (χ4v) is 10.9. The number of aliphatic hydroxyl groups is 3. The Morgan fingerprint density at radius 2 is 1.74 bits per heavy atom. The third-order valence-electron chi connectivity index (χ3n) is 12.6. The van der Waals surface area contributed by atoms with Crippen LogP contribution in [0.4, 0.5) is 0 Å². The van der Waals surface area contributed by atoms with E-state index in [1.165, 1.54) is 12.5 Å². The van der Waals surface area contributed by atoms with Crippen LogP contribution in [0.1, 0.15) is 100 Å². The van der Waals surface area contributed by atoms with Crippen LogP contribution < -0.4 is 0 Å². The predicted molar refractivity (Wildman–Crippen MR) is 146 cm³/mol. The van der Waals surface area contributed by atoms with Gasteiger partial charge in [0.2, 0.25) is 0 Å². The second-order valence-electron chi connectivity index (χ2n) is 15.5. The molecule has 1 heterocycles. The van der Waals surface area contributed by atoms with Gasteiger partial charge in [-0.25, -0.2) is 0 Å². The molecule has 6 nitrogen and oxygen atoms in total. The summed E-state index contributed by atoms with van der Waals surface area (Å²) in [5.41, 5.74) is -0.0906. The summed E-state index contributed by atoms with van der Waals surface area (Å²) in [6, 6.07) is 0. The van der Waals surface area contributed by atoms with Crippen LogP contribution in [0.3, 0.4) is 0 Å². The summed E-state index contributed by atoms with van der Waals surface area (Å²) in [5.74, 6) is 1.02. The second-order valence-corrected chi connectivity index (χ2v) is 15.5. The molecule has 11 atom stereocenters. The van der Waals surface area contributed by atoms with Gasteiger partial charge < -0.3 is 24.8 Å². The molecule has 3 saturated carbocycles. The highest BCUT2D eigenvalue weighted by Crippen LogP contribution is 2.73. The monoisotopic (exact) mass is 532 g/mol. The first kappa shape index (κ1) is 28.6. The Morgan fingerprint density at radius 1 is 1.05 bits per heavy atom. The van der Waals surface area contributed by atoms with Crippen LogP contribution in [0.25, 0.3) is 0 Å². The molecule has 1 saturated heterocycles. The van der Waals surface area contributed by atoms with Crippen LogP contribution in [0.2, 0.25) is 0 Å². The predicted octanol–water partition coefficient (Wildman–Crippen LogP) is 5.03. The molecule has 0 unspecified atom stereocenters. The van der Waals surface area contributed by atoms with E-state index >= 15 is 0 Å². The van der Waals surface area contributed by atoms with Crippen molar-refractivity contribution in [1.29, 1.82) is 0 Å². The number of allylic oxidation sites excluding steroid dienone is 1. The standard InChI is InChI=1S/C32H52O6/c1-18(33)38-26-12-14-31(7)23-11-13-30(6)20(19-15-21(34)27(37-17-19)29(4,5)36)9-10-22(30)32(23,8)25(35)16-24(31)28(26,2)3/h10,19-21,23-27,34-36H,9,11-17H2,1-8H3/t19-,20-,21+,23-,24+,25+,26+,27+,30-,31+,32-/m0/s1. The largest absolute Gasteiger partial charge is 0.462 e. The zero-order valence-corrected chi connectivity index (χ0v) is 24.9. The zero-order valence-electron chi connectivity index (χ0n) is 24.9. The second kappa shape index (κ2) is 9.03. The third-order valence-corrected chi connectivity index (χ3v) is 12.6. The molecule has 6 heteroatoms. The molecule has 38 heavy (non-hydrogen) atoms. The molecule has 5 rings (SSSR count). The van der Waals surface area contributed by atoms with Gasteiger partial charge in [0.05, 0.1) is 24.4 Å². The molecule has 0 amide bonds. The van der Waals surface area contributed by atoms with E-state index in [-0.39, 0.29) is 45.6 Å². The van der Waals surface area contributed by atoms with Crippen LogP contribution in [0.15, 0.2) is 11.6 Å². The van der Waals surface area contributed by atoms with Crippen LogP contribution in [0, 0.1) is 45.3 Å². The molecule has 0 bridgehead atoms. The van der Waals surface area contributed by atoms with Crippen molar-refractivity contribution in [2.75, 3.05) is 6.61 Å². The Morgan fingerprint density at radius 3 is 2.34 bits per heavy atom. The minimum absolute atomic E-state index is 0.0325. The van der Waals surface area contributed by atoms with Crippen LogP contribution >= 0.6 is 0 Å². The first-order valence-electron chi connectivity index (χ1n) is 15.1. The lowest BCUT2D eigenvalue weighted by molar-refractivity contribution is -0.221. The van der Waals surface area contributed by atoms with Gasteiger partial charge in [0.1, 0.15) is 12.2 Å². The summed E-state index contributed by atoms with van der Waals surface area (Å²) in [7, 11) is 0. The van der Waals surface area contributed by atoms with Crippen molar-refractivity contribution in [3.05, 3.63) is 11.6 Å². The van der Waals surface area contributed by atoms with E-state index in [9.17, 15) is 20.1 Å². The zero-order chi connectivity index (χ0) is 28.1. The lowest BCUT2D eigenvalue weighted by atomic mass is 9.37. The van der Waals surface area contributed by atoms with Crippen molar-refractivity contribution in [2.45, 2.75) is 130 Å². The third kappa shape index (κ3) is 3.98. The maximum absolute atomic E-state index is 12.0. The summed E-state index contributed by atoms with van der Waals surface area (Å²) in [6.45, 7) is 17.1. The Bertz CT molecular complexity index is 981. The van der Waals surface area contributed by atoms with E-state index in [4.69, 9.17) is 9.47 Å². The molecule has 1 aliphatic heterocycles. The molecule has 0 aromatic carbocycles. The molecular formula is C32H52O6. The molecule has 0 aromatic heterocycles. The summed E-state index contributed by atoms with van der Waals surface area (Å²) in [5, 5.41) is 33.4. The fourth-order valence-electron chi connectivity index (χ4n) is 10.9. The summed E-state index contributed by atoms with van der Waals surface area (Å²) < 4.78 is 11.9. The lowest BCUT2D eigenvalue weighted by Gasteiger charge is -2.68. The highest BCUT2D eigenvalue weighted by molar-refractivity contribution is 5.66. The van der Waals surface area contributed by atoms with E-state index in [2.05, 4.69) is 40.7 Å². The molecule has 5 aliphatic rings. The SMILES string of the molecule is CC(=O)O[C@@H]1CC[C@@]2(C)[C@H](C[C@@H](O)[C@@]3(C)C4=CC[C@@H]([C@@H]5CO[C@@H](C(C)(C)O)[C@H](O)C5)[C@]4(C)CC[C@@H]23)C1(C)C. The number of aliphatic hydroxyl groups excluding tert-OH is 2. The molecule has 0 aromatic rings. The number of carbonyl (C=O) groups is 1. The van der Waals surface area contributed by atoms with Crippen molar-refractivity contribution < 1.29 is 29.6 Å². The quantitative estimate of drug-likeness (QED) is 0.349. The number of rotatable bonds is 3. The van der Waals surface area contributed by atoms with Gasteiger partial charge in [0.25, 0.3) is 0 Å². The molecule has 3 N–H and O–H groups in total. The van der Waals surface area contributed by atoms with Crippen molar-refractivity contribution in [3.8, 4) is 0 Å². The highest BCUT2D eigenvalue weighted by atomic mass is 16.5. The van der Waals surface area contributed by atoms with Crippen LogP contribution in [0.5, 0.6) is 0 Å². The van der Waals surface area contributed by atoms with Gasteiger partial charge in [-0.1, -0.05) is 46.3 Å². The normalized spacial score (nSPS) is 50.3. The summed E-state index contributed by atoms with van der Waals surface area (Å²) in [4.78, 5) is 11.9. The van der Waals surface area contributed by atoms with E-state index in [1.54, 1.807) is 13.8 Å². The number of hydrogen-bond acceptors (Lipinski definition) is 6. The van der Waals surface area contributed by atoms with Crippen LogP contribution in [-0.4, -0.2) is 57.9 Å². The van der Waals surface area contributed by atoms with E-state index in [0.29, 0.717) is 24.9 Å². The molecule has 0 radical (unpaired) electrons. The fraction of sp³-hybridized carbons (Fsp3) is 0.906. The van der Waals surface area contributed by atoms with Crippen LogP contribution in [-0.2, 0) is 14.3 Å². The van der Waals surface area contributed by atoms with Gasteiger partial charge in [-0.05, 0) is 93.3 Å². The highest BCUT2D eigenvalue weighted by Gasteiger charge is 2.68. The number of hydrogen-bond donors (Lipinski definition) is 3. The first-order valence-corrected chi connectivity index (χ1v) is 15.1. The Labute approximate surface area is 229 Å². The van der Waals surface area contributed by atoms with Gasteiger partial charge in [-0.2, -0.15) is 0 Å². The van der Waals surface area contributed by atoms with Gasteiger partial charge in [-0.3, -0.25) is 4.79 Å². The Hall–Kier alpha value is -0.950. The molecule has 216 valence electrons. The molecule has 4 aliphatic carbocycles. The molecular weight excluding hydrogens is 480 g/mol. The number of esters is 1. The van der Waals surface area contributed by atoms with Crippen molar-refractivity contribution in [1.82, 2.24) is 0 Å². The number of ether oxygens (including phenoxy) is 2. The van der Waals surface area contributed by atoms with Gasteiger partial charge in [0.15, 0.2) is 0 Å². The van der Waals surface area contributed by atoms with Gasteiger partial charge >= 0.3 is 5.97 Å².